The number of carbonyl (C=O) groups is 1. The lowest BCUT2D eigenvalue weighted by Crippen LogP contribution is -2.61. The van der Waals surface area contributed by atoms with Crippen molar-refractivity contribution < 1.29 is 19.4 Å². The summed E-state index contributed by atoms with van der Waals surface area (Å²) in [5, 5.41) is 17.2. The molecule has 1 aliphatic heterocycles. The van der Waals surface area contributed by atoms with Crippen molar-refractivity contribution in [3.8, 4) is 11.1 Å². The minimum atomic E-state index is -0.540. The van der Waals surface area contributed by atoms with Gasteiger partial charge in [0, 0.05) is 35.5 Å². The van der Waals surface area contributed by atoms with Crippen LogP contribution in [0.4, 0.5) is 4.79 Å². The molecule has 9 rings (SSSR count). The number of nitrogens with zero attached hydrogens (tertiary/aromatic N) is 1. The molecule has 3 N–H and O–H groups in total. The number of amides is 2. The highest BCUT2D eigenvalue weighted by atomic mass is 32.2. The molecule has 260 valence electrons. The predicted octanol–water partition coefficient (Wildman–Crippen LogP) is 8.59. The molecule has 5 aliphatic rings. The number of rotatable bonds is 10. The van der Waals surface area contributed by atoms with Crippen molar-refractivity contribution in [2.24, 2.45) is 23.7 Å². The monoisotopic (exact) mass is 689 g/mol. The molecule has 7 nitrogen and oxygen atoms in total. The molecule has 50 heavy (non-hydrogen) atoms. The average Bonchev–Trinajstić information content (AvgIpc) is 3.13. The molecule has 0 spiro atoms. The summed E-state index contributed by atoms with van der Waals surface area (Å²) in [6, 6.07) is 30.7. The van der Waals surface area contributed by atoms with Crippen LogP contribution in [-0.2, 0) is 22.6 Å². The molecule has 5 fully saturated rings. The fraction of sp³-hybridized carbons (Fsp3) is 0.429. The van der Waals surface area contributed by atoms with E-state index in [0.29, 0.717) is 6.54 Å². The number of aliphatic hydroxyl groups is 1. The molecule has 4 saturated carbocycles. The molecule has 1 aromatic heterocycles. The molecule has 4 aliphatic carbocycles. The van der Waals surface area contributed by atoms with Crippen molar-refractivity contribution >= 4 is 17.8 Å². The molecule has 2 heterocycles. The third kappa shape index (κ3) is 7.22. The first-order valence-electron chi connectivity index (χ1n) is 18.2. The second-order valence-corrected chi connectivity index (χ2v) is 16.1. The van der Waals surface area contributed by atoms with Gasteiger partial charge < -0.3 is 25.2 Å². The van der Waals surface area contributed by atoms with Crippen molar-refractivity contribution in [2.75, 3.05) is 5.75 Å². The van der Waals surface area contributed by atoms with Crippen molar-refractivity contribution in [2.45, 2.75) is 87.7 Å². The zero-order chi connectivity index (χ0) is 34.1. The maximum absolute atomic E-state index is 13.2. The molecule has 3 aromatic carbocycles. The summed E-state index contributed by atoms with van der Waals surface area (Å²) in [5.41, 5.74) is 6.15. The van der Waals surface area contributed by atoms with E-state index in [4.69, 9.17) is 9.47 Å². The number of pyridine rings is 1. The summed E-state index contributed by atoms with van der Waals surface area (Å²) in [5.74, 6) is 3.22. The molecule has 2 amide bonds. The van der Waals surface area contributed by atoms with Gasteiger partial charge in [0.25, 0.3) is 0 Å². The van der Waals surface area contributed by atoms with Crippen LogP contribution in [0.5, 0.6) is 0 Å². The molecule has 1 saturated heterocycles. The van der Waals surface area contributed by atoms with Crippen LogP contribution in [0.25, 0.3) is 11.1 Å². The van der Waals surface area contributed by atoms with Gasteiger partial charge in [-0.1, -0.05) is 85.8 Å². The van der Waals surface area contributed by atoms with E-state index in [1.807, 2.05) is 48.7 Å². The number of hydrogen-bond donors (Lipinski definition) is 3. The lowest BCUT2D eigenvalue weighted by molar-refractivity contribution is -0.268. The van der Waals surface area contributed by atoms with Crippen LogP contribution in [0.15, 0.2) is 102 Å². The Morgan fingerprint density at radius 3 is 2.22 bits per heavy atom. The molecule has 4 atom stereocenters. The first kappa shape index (κ1) is 33.5. The normalized spacial score (nSPS) is 29.8. The fourth-order valence-corrected chi connectivity index (χ4v) is 10.4. The number of hydrogen-bond acceptors (Lipinski definition) is 6. The van der Waals surface area contributed by atoms with Crippen molar-refractivity contribution in [3.63, 3.8) is 0 Å². The Kier molecular flexibility index (Phi) is 9.71. The Balaban J connectivity index is 0.962. The summed E-state index contributed by atoms with van der Waals surface area (Å²) in [6.45, 7) is 2.66. The second kappa shape index (κ2) is 14.5. The number of nitrogens with one attached hydrogen (secondary N) is 2. The van der Waals surface area contributed by atoms with Crippen LogP contribution in [0.2, 0.25) is 0 Å². The van der Waals surface area contributed by atoms with Gasteiger partial charge in [-0.2, -0.15) is 0 Å². The number of aromatic nitrogens is 1. The van der Waals surface area contributed by atoms with Gasteiger partial charge in [0.05, 0.1) is 23.8 Å². The SMILES string of the molecule is CC1C(CSc2ccccn2)OC(c2ccc(-c3ccccc3CNC(=O)NC34CC5CC(CC(C5)C3)C4)cc2)OC1c1ccc(CO)cc1. The maximum atomic E-state index is 13.2. The van der Waals surface area contributed by atoms with Crippen molar-refractivity contribution in [3.05, 3.63) is 119 Å². The maximum Gasteiger partial charge on any atom is 0.315 e. The highest BCUT2D eigenvalue weighted by Gasteiger charge is 2.51. The van der Waals surface area contributed by atoms with E-state index in [9.17, 15) is 9.90 Å². The summed E-state index contributed by atoms with van der Waals surface area (Å²) < 4.78 is 13.4. The number of urea groups is 1. The smallest absolute Gasteiger partial charge is 0.315 e. The van der Waals surface area contributed by atoms with E-state index in [2.05, 4.69) is 71.1 Å². The van der Waals surface area contributed by atoms with E-state index in [0.717, 1.165) is 81.2 Å². The van der Waals surface area contributed by atoms with Gasteiger partial charge in [0.2, 0.25) is 0 Å². The molecule has 0 radical (unpaired) electrons. The van der Waals surface area contributed by atoms with Gasteiger partial charge in [-0.15, -0.1) is 11.8 Å². The molecule has 4 aromatic rings. The summed E-state index contributed by atoms with van der Waals surface area (Å²) in [6.07, 6.45) is 8.54. The fourth-order valence-electron chi connectivity index (χ4n) is 9.41. The van der Waals surface area contributed by atoms with Gasteiger partial charge in [-0.3, -0.25) is 0 Å². The van der Waals surface area contributed by atoms with E-state index >= 15 is 0 Å². The van der Waals surface area contributed by atoms with Crippen LogP contribution in [-0.4, -0.2) is 33.5 Å². The van der Waals surface area contributed by atoms with Crippen LogP contribution in [0.3, 0.4) is 0 Å². The molecular formula is C42H47N3O4S. The Hall–Kier alpha value is -3.69. The van der Waals surface area contributed by atoms with Crippen LogP contribution in [0.1, 0.15) is 80.1 Å². The Labute approximate surface area is 299 Å². The Morgan fingerprint density at radius 1 is 0.860 bits per heavy atom. The van der Waals surface area contributed by atoms with E-state index in [1.165, 1.54) is 19.3 Å². The lowest BCUT2D eigenvalue weighted by atomic mass is 9.53. The minimum absolute atomic E-state index is 0.00669. The van der Waals surface area contributed by atoms with Crippen LogP contribution in [0, 0.1) is 23.7 Å². The van der Waals surface area contributed by atoms with Crippen molar-refractivity contribution in [1.82, 2.24) is 15.6 Å². The van der Waals surface area contributed by atoms with Gasteiger partial charge in [-0.25, -0.2) is 9.78 Å². The first-order valence-corrected chi connectivity index (χ1v) is 19.2. The number of aliphatic hydroxyl groups excluding tert-OH is 1. The largest absolute Gasteiger partial charge is 0.392 e. The average molecular weight is 690 g/mol. The zero-order valence-corrected chi connectivity index (χ0v) is 29.5. The predicted molar refractivity (Wildman–Crippen MR) is 196 cm³/mol. The Morgan fingerprint density at radius 2 is 1.54 bits per heavy atom. The van der Waals surface area contributed by atoms with Crippen LogP contribution < -0.4 is 10.6 Å². The zero-order valence-electron chi connectivity index (χ0n) is 28.7. The van der Waals surface area contributed by atoms with E-state index < -0.39 is 6.29 Å². The molecule has 4 bridgehead atoms. The Bertz CT molecular complexity index is 1730. The number of ether oxygens (including phenoxy) is 2. The molecule has 4 unspecified atom stereocenters. The highest BCUT2D eigenvalue weighted by Crippen LogP contribution is 2.55. The summed E-state index contributed by atoms with van der Waals surface area (Å²) in [7, 11) is 0. The van der Waals surface area contributed by atoms with Gasteiger partial charge in [0.1, 0.15) is 0 Å². The topological polar surface area (TPSA) is 92.7 Å². The number of benzene rings is 3. The third-order valence-electron chi connectivity index (χ3n) is 11.5. The number of thioether (sulfide) groups is 1. The quantitative estimate of drug-likeness (QED) is 0.145. The van der Waals surface area contributed by atoms with Crippen LogP contribution >= 0.6 is 11.8 Å². The van der Waals surface area contributed by atoms with E-state index in [1.54, 1.807) is 11.8 Å². The first-order chi connectivity index (χ1) is 24.4. The van der Waals surface area contributed by atoms with Crippen molar-refractivity contribution in [1.29, 1.82) is 0 Å². The third-order valence-corrected chi connectivity index (χ3v) is 12.6. The highest BCUT2D eigenvalue weighted by molar-refractivity contribution is 7.99. The summed E-state index contributed by atoms with van der Waals surface area (Å²) in [4.78, 5) is 17.7. The van der Waals surface area contributed by atoms with E-state index in [-0.39, 0.29) is 36.3 Å². The molecular weight excluding hydrogens is 643 g/mol. The summed E-state index contributed by atoms with van der Waals surface area (Å²) >= 11 is 1.70. The second-order valence-electron chi connectivity index (χ2n) is 15.1. The standard InChI is InChI=1S/C42H47N3O4S/c1-27-37(26-50-38-8-4-5-17-43-38)48-40(49-39(27)33-11-9-28(25-46)10-12-33)34-15-13-32(14-16-34)36-7-3-2-6-35(36)24-44-41(47)45-42-21-29-18-30(22-42)20-31(19-29)23-42/h2-17,27,29-31,37,39-40,46H,18-26H2,1H3,(H2,44,45,47). The van der Waals surface area contributed by atoms with Gasteiger partial charge in [-0.05, 0) is 96.2 Å². The van der Waals surface area contributed by atoms with Gasteiger partial charge in [0.15, 0.2) is 6.29 Å². The molecule has 8 heteroatoms. The minimum Gasteiger partial charge on any atom is -0.392 e. The number of carbonyl (C=O) groups excluding carboxylic acids is 1. The van der Waals surface area contributed by atoms with Gasteiger partial charge >= 0.3 is 6.03 Å². The lowest BCUT2D eigenvalue weighted by Gasteiger charge is -2.56.